The molecule has 3 heterocycles. The maximum atomic E-state index is 13.2. The van der Waals surface area contributed by atoms with Gasteiger partial charge in [-0.2, -0.15) is 0 Å². The lowest BCUT2D eigenvalue weighted by molar-refractivity contribution is -0.141. The number of thiophene rings is 2. The van der Waals surface area contributed by atoms with Crippen molar-refractivity contribution in [3.63, 3.8) is 0 Å². The van der Waals surface area contributed by atoms with Gasteiger partial charge in [0.05, 0.1) is 4.88 Å². The van der Waals surface area contributed by atoms with Crippen molar-refractivity contribution in [2.45, 2.75) is 52.0 Å². The number of carbonyl (C=O) groups excluding carboxylic acids is 2. The molecule has 0 aliphatic heterocycles. The lowest BCUT2D eigenvalue weighted by Gasteiger charge is -2.18. The average molecular weight is 612 g/mol. The number of amides is 1. The van der Waals surface area contributed by atoms with Crippen molar-refractivity contribution in [1.82, 2.24) is 15.3 Å². The number of aromatic nitrogens is 2. The molecule has 0 aliphatic rings. The molecule has 0 bridgehead atoms. The zero-order valence-electron chi connectivity index (χ0n) is 24.5. The van der Waals surface area contributed by atoms with E-state index in [0.717, 1.165) is 26.4 Å². The normalized spacial score (nSPS) is 13.0. The van der Waals surface area contributed by atoms with E-state index in [1.54, 1.807) is 11.3 Å². The van der Waals surface area contributed by atoms with Crippen molar-refractivity contribution in [2.75, 3.05) is 0 Å². The van der Waals surface area contributed by atoms with E-state index in [2.05, 4.69) is 54.3 Å². The van der Waals surface area contributed by atoms with Gasteiger partial charge in [-0.1, -0.05) is 63.2 Å². The topological polar surface area (TPSA) is 109 Å². The van der Waals surface area contributed by atoms with Crippen LogP contribution in [0, 0.1) is 5.92 Å². The third kappa shape index (κ3) is 7.24. The number of Topliss-reactive ketones (excluding diaryl/α,β-unsaturated/α-hetero) is 1. The average Bonchev–Trinajstić information content (AvgIpc) is 3.65. The Morgan fingerprint density at radius 1 is 0.907 bits per heavy atom. The number of nitrogens with one attached hydrogen (secondary N) is 1. The van der Waals surface area contributed by atoms with Gasteiger partial charge in [-0.25, -0.2) is 9.97 Å². The summed E-state index contributed by atoms with van der Waals surface area (Å²) in [5, 5.41) is 13.0. The number of carboxylic acids is 1. The molecule has 3 aromatic heterocycles. The first-order valence-corrected chi connectivity index (χ1v) is 15.7. The molecular formula is C34H33N3O4S2. The summed E-state index contributed by atoms with van der Waals surface area (Å²) in [5.41, 5.74) is 2.55. The summed E-state index contributed by atoms with van der Waals surface area (Å²) in [6.45, 7) is 7.68. The molecule has 2 aromatic carbocycles. The maximum absolute atomic E-state index is 13.2. The molecular weight excluding hydrogens is 579 g/mol. The molecule has 0 aliphatic carbocycles. The summed E-state index contributed by atoms with van der Waals surface area (Å²) in [6, 6.07) is 20.7. The molecule has 0 saturated carbocycles. The van der Waals surface area contributed by atoms with Crippen molar-refractivity contribution in [3.8, 4) is 21.8 Å². The lowest BCUT2D eigenvalue weighted by Crippen LogP contribution is -2.42. The quantitative estimate of drug-likeness (QED) is 0.159. The van der Waals surface area contributed by atoms with Crippen LogP contribution < -0.4 is 5.32 Å². The van der Waals surface area contributed by atoms with E-state index in [0.29, 0.717) is 10.7 Å². The Hall–Kier alpha value is -4.21. The smallest absolute Gasteiger partial charge is 0.325 e. The Morgan fingerprint density at radius 3 is 2.23 bits per heavy atom. The number of fused-ring (bicyclic) bond motifs is 1. The van der Waals surface area contributed by atoms with Crippen LogP contribution in [0.1, 0.15) is 54.2 Å². The van der Waals surface area contributed by atoms with Crippen LogP contribution >= 0.6 is 22.7 Å². The number of ketones is 1. The van der Waals surface area contributed by atoms with Crippen molar-refractivity contribution < 1.29 is 19.5 Å². The highest BCUT2D eigenvalue weighted by Crippen LogP contribution is 2.33. The molecule has 5 rings (SSSR count). The van der Waals surface area contributed by atoms with Gasteiger partial charge in [-0.05, 0) is 54.0 Å². The zero-order chi connectivity index (χ0) is 30.7. The van der Waals surface area contributed by atoms with Crippen LogP contribution in [0.5, 0.6) is 0 Å². The highest BCUT2D eigenvalue weighted by Gasteiger charge is 2.27. The molecule has 2 N–H and O–H groups in total. The van der Waals surface area contributed by atoms with E-state index in [9.17, 15) is 19.5 Å². The van der Waals surface area contributed by atoms with Crippen molar-refractivity contribution in [2.24, 2.45) is 5.92 Å². The first-order valence-electron chi connectivity index (χ1n) is 14.0. The molecule has 5 aromatic rings. The highest BCUT2D eigenvalue weighted by atomic mass is 32.1. The van der Waals surface area contributed by atoms with Crippen LogP contribution in [0.15, 0.2) is 79.1 Å². The number of nitrogens with zero attached hydrogens (tertiary/aromatic N) is 2. The minimum absolute atomic E-state index is 0.0215. The van der Waals surface area contributed by atoms with Crippen LogP contribution in [-0.4, -0.2) is 38.8 Å². The van der Waals surface area contributed by atoms with Crippen LogP contribution in [0.4, 0.5) is 0 Å². The molecule has 9 heteroatoms. The monoisotopic (exact) mass is 611 g/mol. The van der Waals surface area contributed by atoms with E-state index in [1.807, 2.05) is 60.9 Å². The molecule has 7 nitrogen and oxygen atoms in total. The zero-order valence-corrected chi connectivity index (χ0v) is 26.1. The summed E-state index contributed by atoms with van der Waals surface area (Å²) < 4.78 is 1.22. The number of benzene rings is 2. The van der Waals surface area contributed by atoms with Crippen LogP contribution in [0.2, 0.25) is 0 Å². The van der Waals surface area contributed by atoms with Crippen molar-refractivity contribution >= 4 is 50.4 Å². The van der Waals surface area contributed by atoms with Gasteiger partial charge in [-0.3, -0.25) is 14.4 Å². The van der Waals surface area contributed by atoms with Gasteiger partial charge >= 0.3 is 5.97 Å². The van der Waals surface area contributed by atoms with Crippen molar-refractivity contribution in [3.05, 3.63) is 94.4 Å². The first kappa shape index (κ1) is 30.3. The summed E-state index contributed by atoms with van der Waals surface area (Å²) in [5.74, 6) is -1.86. The van der Waals surface area contributed by atoms with Gasteiger partial charge in [0.2, 0.25) is 5.91 Å². The van der Waals surface area contributed by atoms with Gasteiger partial charge in [0, 0.05) is 50.3 Å². The van der Waals surface area contributed by atoms with Gasteiger partial charge in [0.1, 0.15) is 6.04 Å². The minimum Gasteiger partial charge on any atom is -0.480 e. The molecule has 1 amide bonds. The third-order valence-electron chi connectivity index (χ3n) is 7.21. The first-order chi connectivity index (χ1) is 20.5. The maximum Gasteiger partial charge on any atom is 0.325 e. The summed E-state index contributed by atoms with van der Waals surface area (Å²) in [6.07, 6.45) is 3.91. The Balaban J connectivity index is 1.31. The molecule has 0 unspecified atom stereocenters. The Kier molecular flexibility index (Phi) is 8.84. The predicted molar refractivity (Wildman–Crippen MR) is 173 cm³/mol. The van der Waals surface area contributed by atoms with Gasteiger partial charge in [0.15, 0.2) is 11.6 Å². The second-order valence-corrected chi connectivity index (χ2v) is 13.8. The lowest BCUT2D eigenvalue weighted by atomic mass is 9.92. The molecule has 43 heavy (non-hydrogen) atoms. The van der Waals surface area contributed by atoms with Gasteiger partial charge < -0.3 is 10.4 Å². The van der Waals surface area contributed by atoms with E-state index in [1.165, 1.54) is 28.3 Å². The van der Waals surface area contributed by atoms with Crippen LogP contribution in [0.3, 0.4) is 0 Å². The van der Waals surface area contributed by atoms with Crippen LogP contribution in [0.25, 0.3) is 31.9 Å². The van der Waals surface area contributed by atoms with Crippen molar-refractivity contribution in [1.29, 1.82) is 0 Å². The van der Waals surface area contributed by atoms with Gasteiger partial charge in [0.25, 0.3) is 0 Å². The summed E-state index contributed by atoms with van der Waals surface area (Å²) in [4.78, 5) is 49.7. The molecule has 220 valence electrons. The van der Waals surface area contributed by atoms with E-state index >= 15 is 0 Å². The third-order valence-corrected chi connectivity index (χ3v) is 9.93. The standard InChI is InChI=1S/C34H33N3O4S2/c1-20(33(40)41)37-32(39)24(16-26(38)28-13-14-30(43-28)34(2,3)4)15-21-9-11-22(12-10-21)31-35-18-25(19-36-31)29-17-23-7-5-6-8-27(23)42-29/h5-14,17-20,24H,15-16H2,1-4H3,(H,37,39)(H,40,41)/t20-,24-/m1/s1. The van der Waals surface area contributed by atoms with E-state index in [4.69, 9.17) is 0 Å². The fraction of sp³-hybridized carbons (Fsp3) is 0.265. The highest BCUT2D eigenvalue weighted by molar-refractivity contribution is 7.22. The number of rotatable bonds is 10. The Bertz CT molecular complexity index is 1730. The minimum atomic E-state index is -1.13. The molecule has 0 spiro atoms. The summed E-state index contributed by atoms with van der Waals surface area (Å²) in [7, 11) is 0. The Labute approximate surface area is 258 Å². The second-order valence-electron chi connectivity index (χ2n) is 11.7. The number of aliphatic carboxylic acids is 1. The SMILES string of the molecule is C[C@@H](NC(=O)[C@@H](CC(=O)c1ccc(C(C)(C)C)s1)Cc1ccc(-c2ncc(-c3cc4ccccc4s3)cn2)cc1)C(=O)O. The number of carbonyl (C=O) groups is 3. The van der Waals surface area contributed by atoms with E-state index < -0.39 is 23.8 Å². The fourth-order valence-electron chi connectivity index (χ4n) is 4.67. The van der Waals surface area contributed by atoms with Crippen LogP contribution in [-0.2, 0) is 21.4 Å². The predicted octanol–water partition coefficient (Wildman–Crippen LogP) is 7.41. The summed E-state index contributed by atoms with van der Waals surface area (Å²) >= 11 is 3.14. The largest absolute Gasteiger partial charge is 0.480 e. The second kappa shape index (κ2) is 12.6. The molecule has 0 fully saturated rings. The number of hydrogen-bond acceptors (Lipinski definition) is 7. The number of carboxylic acid groups (broad SMARTS) is 1. The number of hydrogen-bond donors (Lipinski definition) is 2. The molecule has 2 atom stereocenters. The van der Waals surface area contributed by atoms with Gasteiger partial charge in [-0.15, -0.1) is 22.7 Å². The fourth-order valence-corrected chi connectivity index (χ4v) is 6.72. The van der Waals surface area contributed by atoms with E-state index in [-0.39, 0.29) is 24.0 Å². The Morgan fingerprint density at radius 2 is 1.60 bits per heavy atom. The molecule has 0 radical (unpaired) electrons. The molecule has 0 saturated heterocycles.